The number of methoxy groups -OCH3 is 1. The van der Waals surface area contributed by atoms with Crippen molar-refractivity contribution in [2.75, 3.05) is 7.11 Å². The van der Waals surface area contributed by atoms with E-state index in [0.717, 1.165) is 5.56 Å². The Morgan fingerprint density at radius 2 is 1.78 bits per heavy atom. The molecule has 0 saturated carbocycles. The lowest BCUT2D eigenvalue weighted by Crippen LogP contribution is -2.65. The molecule has 1 amide bonds. The number of aliphatic hydroxyl groups excluding tert-OH is 1. The predicted molar refractivity (Wildman–Crippen MR) is 163 cm³/mol. The number of aliphatic hydroxyl groups is 1. The average Bonchev–Trinajstić information content (AvgIpc) is 3.00. The second kappa shape index (κ2) is 12.8. The van der Waals surface area contributed by atoms with Crippen molar-refractivity contribution in [2.45, 2.75) is 64.3 Å². The number of benzene rings is 2. The molecule has 13 nitrogen and oxygen atoms in total. The molecule has 4 N–H and O–H groups in total. The first-order valence-corrected chi connectivity index (χ1v) is 14.3. The van der Waals surface area contributed by atoms with Gasteiger partial charge in [0.15, 0.2) is 18.0 Å². The van der Waals surface area contributed by atoms with Gasteiger partial charge in [0.05, 0.1) is 16.6 Å². The first kappa shape index (κ1) is 32.4. The van der Waals surface area contributed by atoms with Crippen LogP contribution >= 0.6 is 0 Å². The number of pyridine rings is 1. The monoisotopic (exact) mass is 634 g/mol. The Bertz CT molecular complexity index is 1830. The molecule has 1 aliphatic heterocycles. The molecular formula is C33H34N2O11. The minimum Gasteiger partial charge on any atom is -0.507 e. The van der Waals surface area contributed by atoms with Gasteiger partial charge in [0, 0.05) is 25.2 Å². The number of nitrogens with zero attached hydrogens (tertiary/aromatic N) is 1. The Balaban J connectivity index is 1.39. The SMILES string of the molecule is CO[C@@H]1[C@@H](OC(N)=O)[C@@H](O)[C@H](Oc2ccc3c(O)c(CC(=O)c4cccc(Oc5ccc(C)cc5)n4)c(=O)oc3c2C)OC1(C)C. The number of ketones is 1. The lowest BCUT2D eigenvalue weighted by molar-refractivity contribution is -0.304. The second-order valence-corrected chi connectivity index (χ2v) is 11.4. The van der Waals surface area contributed by atoms with E-state index in [1.54, 1.807) is 45.0 Å². The molecular weight excluding hydrogens is 600 g/mol. The highest BCUT2D eigenvalue weighted by Crippen LogP contribution is 2.38. The molecule has 0 radical (unpaired) electrons. The lowest BCUT2D eigenvalue weighted by atomic mass is 9.89. The van der Waals surface area contributed by atoms with Crippen LogP contribution < -0.4 is 20.8 Å². The third kappa shape index (κ3) is 6.52. The third-order valence-corrected chi connectivity index (χ3v) is 7.70. The van der Waals surface area contributed by atoms with E-state index in [-0.39, 0.29) is 33.9 Å². The van der Waals surface area contributed by atoms with Crippen molar-refractivity contribution < 1.29 is 47.9 Å². The molecule has 2 aromatic carbocycles. The number of aryl methyl sites for hydroxylation is 2. The van der Waals surface area contributed by atoms with Crippen LogP contribution in [0.15, 0.2) is 63.8 Å². The number of fused-ring (bicyclic) bond motifs is 1. The van der Waals surface area contributed by atoms with E-state index in [4.69, 9.17) is 33.8 Å². The van der Waals surface area contributed by atoms with Gasteiger partial charge in [-0.25, -0.2) is 14.6 Å². The van der Waals surface area contributed by atoms with Gasteiger partial charge in [-0.05, 0) is 58.0 Å². The largest absolute Gasteiger partial charge is 0.507 e. The Morgan fingerprint density at radius 3 is 2.46 bits per heavy atom. The van der Waals surface area contributed by atoms with Gasteiger partial charge >= 0.3 is 11.7 Å². The number of hydrogen-bond acceptors (Lipinski definition) is 12. The Labute approximate surface area is 263 Å². The zero-order valence-electron chi connectivity index (χ0n) is 25.8. The summed E-state index contributed by atoms with van der Waals surface area (Å²) in [5.74, 6) is -0.105. The Kier molecular flexibility index (Phi) is 9.01. The van der Waals surface area contributed by atoms with Crippen LogP contribution in [-0.2, 0) is 20.6 Å². The number of aromatic nitrogens is 1. The molecule has 13 heteroatoms. The Morgan fingerprint density at radius 1 is 1.07 bits per heavy atom. The van der Waals surface area contributed by atoms with Gasteiger partial charge in [0.2, 0.25) is 12.2 Å². The van der Waals surface area contributed by atoms with Crippen molar-refractivity contribution in [1.29, 1.82) is 0 Å². The molecule has 4 atom stereocenters. The molecule has 3 heterocycles. The smallest absolute Gasteiger partial charge is 0.404 e. The fourth-order valence-corrected chi connectivity index (χ4v) is 5.36. The molecule has 2 aromatic heterocycles. The molecule has 1 saturated heterocycles. The average molecular weight is 635 g/mol. The fourth-order valence-electron chi connectivity index (χ4n) is 5.36. The molecule has 0 aliphatic carbocycles. The number of primary amides is 1. The standard InChI is InChI=1S/C33H34N2O11/c1-16-9-11-18(12-10-16)42-24-8-6-7-21(35-24)22(36)15-20-25(37)19-13-14-23(17(2)27(19)44-30(20)39)43-31-26(38)28(45-32(34)40)29(41-5)33(3,4)46-31/h6-14,26,28-29,31,37-38H,15H2,1-5H3,(H2,34,40)/t26-,28+,29-,31-/m1/s1. The van der Waals surface area contributed by atoms with Gasteiger partial charge in [-0.2, -0.15) is 0 Å². The van der Waals surface area contributed by atoms with Crippen molar-refractivity contribution in [3.05, 3.63) is 87.4 Å². The van der Waals surface area contributed by atoms with E-state index in [9.17, 15) is 24.6 Å². The van der Waals surface area contributed by atoms with Gasteiger partial charge in [-0.3, -0.25) is 4.79 Å². The number of carbonyl (C=O) groups is 2. The second-order valence-electron chi connectivity index (χ2n) is 11.4. The highest BCUT2D eigenvalue weighted by Gasteiger charge is 2.53. The van der Waals surface area contributed by atoms with Crippen LogP contribution in [0.3, 0.4) is 0 Å². The van der Waals surface area contributed by atoms with Crippen LogP contribution in [0.4, 0.5) is 4.79 Å². The summed E-state index contributed by atoms with van der Waals surface area (Å²) in [6.07, 6.45) is -6.55. The minimum atomic E-state index is -1.51. The number of aromatic hydroxyl groups is 1. The van der Waals surface area contributed by atoms with E-state index in [1.807, 2.05) is 19.1 Å². The van der Waals surface area contributed by atoms with Gasteiger partial charge in [0.25, 0.3) is 0 Å². The zero-order valence-corrected chi connectivity index (χ0v) is 25.8. The van der Waals surface area contributed by atoms with Gasteiger partial charge in [0.1, 0.15) is 34.6 Å². The third-order valence-electron chi connectivity index (χ3n) is 7.70. The summed E-state index contributed by atoms with van der Waals surface area (Å²) in [4.78, 5) is 42.0. The summed E-state index contributed by atoms with van der Waals surface area (Å²) in [5, 5.41) is 22.2. The van der Waals surface area contributed by atoms with Crippen LogP contribution in [0.2, 0.25) is 0 Å². The van der Waals surface area contributed by atoms with Crippen molar-refractivity contribution in [2.24, 2.45) is 5.73 Å². The number of nitrogens with two attached hydrogens (primary N) is 1. The Hall–Kier alpha value is -4.98. The van der Waals surface area contributed by atoms with E-state index < -0.39 is 59.9 Å². The first-order chi connectivity index (χ1) is 21.8. The molecule has 5 rings (SSSR count). The van der Waals surface area contributed by atoms with Crippen molar-refractivity contribution in [1.82, 2.24) is 4.98 Å². The van der Waals surface area contributed by atoms with E-state index in [2.05, 4.69) is 4.98 Å². The van der Waals surface area contributed by atoms with Crippen molar-refractivity contribution >= 4 is 22.8 Å². The lowest BCUT2D eigenvalue weighted by Gasteiger charge is -2.47. The fraction of sp³-hybridized carbons (Fsp3) is 0.333. The molecule has 0 bridgehead atoms. The number of amides is 1. The number of hydrogen-bond donors (Lipinski definition) is 3. The summed E-state index contributed by atoms with van der Waals surface area (Å²) in [6.45, 7) is 6.85. The topological polar surface area (TPSA) is 190 Å². The van der Waals surface area contributed by atoms with Crippen LogP contribution in [-0.4, -0.2) is 64.4 Å². The van der Waals surface area contributed by atoms with Crippen molar-refractivity contribution in [3.63, 3.8) is 0 Å². The van der Waals surface area contributed by atoms with Crippen LogP contribution in [0, 0.1) is 13.8 Å². The summed E-state index contributed by atoms with van der Waals surface area (Å²) in [7, 11) is 1.37. The minimum absolute atomic E-state index is 0.00733. The first-order valence-electron chi connectivity index (χ1n) is 14.3. The maximum atomic E-state index is 13.2. The molecule has 46 heavy (non-hydrogen) atoms. The summed E-state index contributed by atoms with van der Waals surface area (Å²) in [6, 6.07) is 14.9. The zero-order chi connectivity index (χ0) is 33.3. The summed E-state index contributed by atoms with van der Waals surface area (Å²) < 4.78 is 33.8. The maximum absolute atomic E-state index is 13.2. The van der Waals surface area contributed by atoms with E-state index >= 15 is 0 Å². The van der Waals surface area contributed by atoms with Gasteiger partial charge in [-0.1, -0.05) is 23.8 Å². The maximum Gasteiger partial charge on any atom is 0.404 e. The molecule has 1 fully saturated rings. The van der Waals surface area contributed by atoms with Crippen LogP contribution in [0.25, 0.3) is 11.0 Å². The number of ether oxygens (including phenoxy) is 5. The van der Waals surface area contributed by atoms with Crippen LogP contribution in [0.1, 0.15) is 41.0 Å². The molecule has 1 aliphatic rings. The number of carbonyl (C=O) groups excluding carboxylic acids is 2. The van der Waals surface area contributed by atoms with Crippen LogP contribution in [0.5, 0.6) is 23.1 Å². The van der Waals surface area contributed by atoms with Gasteiger partial charge in [-0.15, -0.1) is 0 Å². The highest BCUT2D eigenvalue weighted by molar-refractivity contribution is 5.97. The quantitative estimate of drug-likeness (QED) is 0.177. The van der Waals surface area contributed by atoms with E-state index in [1.165, 1.54) is 25.3 Å². The van der Waals surface area contributed by atoms with Gasteiger partial charge < -0.3 is 44.0 Å². The predicted octanol–water partition coefficient (Wildman–Crippen LogP) is 4.08. The highest BCUT2D eigenvalue weighted by atomic mass is 16.7. The summed E-state index contributed by atoms with van der Waals surface area (Å²) >= 11 is 0. The van der Waals surface area contributed by atoms with Crippen molar-refractivity contribution in [3.8, 4) is 23.1 Å². The number of Topliss-reactive ketones (excluding diaryl/α,β-unsaturated/α-hetero) is 1. The number of rotatable bonds is 9. The summed E-state index contributed by atoms with van der Waals surface area (Å²) in [5.41, 5.74) is 4.32. The molecule has 0 spiro atoms. The molecule has 0 unspecified atom stereocenters. The van der Waals surface area contributed by atoms with E-state index in [0.29, 0.717) is 11.3 Å². The molecule has 4 aromatic rings. The normalized spacial score (nSPS) is 20.7. The molecule has 242 valence electrons.